The molecule has 0 N–H and O–H groups in total. The third-order valence-corrected chi connectivity index (χ3v) is 11.1. The maximum absolute atomic E-state index is 10.2. The number of fused-ring (bicyclic) bond motifs is 9. The van der Waals surface area contributed by atoms with E-state index in [1.54, 1.807) is 0 Å². The summed E-state index contributed by atoms with van der Waals surface area (Å²) in [6.45, 7) is 0. The number of benzene rings is 8. The molecular formula is C50H29N5. The Hall–Kier alpha value is -7.86. The molecule has 11 aromatic rings. The van der Waals surface area contributed by atoms with E-state index in [-0.39, 0.29) is 0 Å². The van der Waals surface area contributed by atoms with Crippen LogP contribution >= 0.6 is 0 Å². The van der Waals surface area contributed by atoms with Crippen molar-refractivity contribution in [1.82, 2.24) is 13.7 Å². The van der Waals surface area contributed by atoms with Gasteiger partial charge in [-0.25, -0.2) is 0 Å². The van der Waals surface area contributed by atoms with Crippen molar-refractivity contribution in [1.29, 1.82) is 10.5 Å². The summed E-state index contributed by atoms with van der Waals surface area (Å²) in [7, 11) is 0. The van der Waals surface area contributed by atoms with E-state index in [1.807, 2.05) is 30.3 Å². The molecule has 0 unspecified atom stereocenters. The maximum Gasteiger partial charge on any atom is 0.0992 e. The second-order valence-corrected chi connectivity index (χ2v) is 14.0. The number of hydrogen-bond donors (Lipinski definition) is 0. The van der Waals surface area contributed by atoms with Crippen molar-refractivity contribution in [3.05, 3.63) is 187 Å². The second-order valence-electron chi connectivity index (χ2n) is 14.0. The molecule has 0 spiro atoms. The third kappa shape index (κ3) is 4.51. The number of aromatic nitrogens is 3. The summed E-state index contributed by atoms with van der Waals surface area (Å²) in [6, 6.07) is 66.0. The van der Waals surface area contributed by atoms with Crippen molar-refractivity contribution in [3.63, 3.8) is 0 Å². The Balaban J connectivity index is 1.13. The van der Waals surface area contributed by atoms with E-state index in [1.165, 1.54) is 10.8 Å². The van der Waals surface area contributed by atoms with Crippen molar-refractivity contribution in [2.75, 3.05) is 0 Å². The highest BCUT2D eigenvalue weighted by Crippen LogP contribution is 2.40. The quantitative estimate of drug-likeness (QED) is 0.184. The zero-order valence-corrected chi connectivity index (χ0v) is 29.5. The van der Waals surface area contributed by atoms with E-state index in [4.69, 9.17) is 0 Å². The number of para-hydroxylation sites is 4. The Morgan fingerprint density at radius 1 is 0.327 bits per heavy atom. The van der Waals surface area contributed by atoms with Gasteiger partial charge in [0.05, 0.1) is 62.1 Å². The highest BCUT2D eigenvalue weighted by Gasteiger charge is 2.20. The van der Waals surface area contributed by atoms with Crippen LogP contribution in [-0.4, -0.2) is 13.7 Å². The van der Waals surface area contributed by atoms with Gasteiger partial charge in [0.2, 0.25) is 0 Å². The van der Waals surface area contributed by atoms with Crippen LogP contribution in [-0.2, 0) is 0 Å². The molecule has 0 aliphatic heterocycles. The van der Waals surface area contributed by atoms with Gasteiger partial charge < -0.3 is 13.7 Å². The van der Waals surface area contributed by atoms with Crippen LogP contribution in [0.15, 0.2) is 176 Å². The summed E-state index contributed by atoms with van der Waals surface area (Å²) < 4.78 is 6.91. The van der Waals surface area contributed by atoms with Crippen LogP contribution in [0.25, 0.3) is 93.6 Å². The lowest BCUT2D eigenvalue weighted by Gasteiger charge is -2.16. The third-order valence-electron chi connectivity index (χ3n) is 11.1. The van der Waals surface area contributed by atoms with Gasteiger partial charge in [-0.15, -0.1) is 0 Å². The zero-order chi connectivity index (χ0) is 36.6. The maximum atomic E-state index is 10.2. The van der Waals surface area contributed by atoms with Crippen molar-refractivity contribution < 1.29 is 0 Å². The topological polar surface area (TPSA) is 62.4 Å². The summed E-state index contributed by atoms with van der Waals surface area (Å²) >= 11 is 0. The van der Waals surface area contributed by atoms with Gasteiger partial charge in [-0.3, -0.25) is 0 Å². The lowest BCUT2D eigenvalue weighted by atomic mass is 10.0. The van der Waals surface area contributed by atoms with Crippen molar-refractivity contribution >= 4 is 65.4 Å². The van der Waals surface area contributed by atoms with Crippen LogP contribution in [0.2, 0.25) is 0 Å². The van der Waals surface area contributed by atoms with E-state index < -0.39 is 0 Å². The monoisotopic (exact) mass is 699 g/mol. The Morgan fingerprint density at radius 2 is 0.745 bits per heavy atom. The van der Waals surface area contributed by atoms with Gasteiger partial charge in [0, 0.05) is 49.3 Å². The van der Waals surface area contributed by atoms with Gasteiger partial charge in [-0.1, -0.05) is 103 Å². The fraction of sp³-hybridized carbons (Fsp3) is 0. The molecule has 5 nitrogen and oxygen atoms in total. The fourth-order valence-electron chi connectivity index (χ4n) is 8.70. The molecule has 3 aromatic heterocycles. The van der Waals surface area contributed by atoms with Crippen molar-refractivity contribution in [2.45, 2.75) is 0 Å². The minimum Gasteiger partial charge on any atom is -0.309 e. The summed E-state index contributed by atoms with van der Waals surface area (Å²) in [5.74, 6) is 0. The predicted octanol–water partition coefficient (Wildman–Crippen LogP) is 12.4. The number of hydrogen-bond acceptors (Lipinski definition) is 2. The lowest BCUT2D eigenvalue weighted by Crippen LogP contribution is -2.00. The van der Waals surface area contributed by atoms with E-state index in [0.29, 0.717) is 11.1 Å². The molecule has 0 saturated heterocycles. The van der Waals surface area contributed by atoms with Gasteiger partial charge in [0.1, 0.15) is 0 Å². The fourth-order valence-corrected chi connectivity index (χ4v) is 8.70. The molecule has 0 radical (unpaired) electrons. The van der Waals surface area contributed by atoms with Gasteiger partial charge in [0.25, 0.3) is 0 Å². The average molecular weight is 700 g/mol. The molecule has 0 saturated carbocycles. The van der Waals surface area contributed by atoms with Crippen LogP contribution in [0.4, 0.5) is 0 Å². The first-order chi connectivity index (χ1) is 27.2. The lowest BCUT2D eigenvalue weighted by molar-refractivity contribution is 1.15. The second kappa shape index (κ2) is 11.8. The van der Waals surface area contributed by atoms with Crippen LogP contribution in [0, 0.1) is 22.7 Å². The highest BCUT2D eigenvalue weighted by molar-refractivity contribution is 6.13. The first kappa shape index (κ1) is 30.7. The molecule has 0 aliphatic rings. The van der Waals surface area contributed by atoms with Crippen LogP contribution in [0.1, 0.15) is 11.1 Å². The Bertz CT molecular complexity index is 3400. The molecule has 11 rings (SSSR count). The molecule has 254 valence electrons. The predicted molar refractivity (Wildman–Crippen MR) is 224 cm³/mol. The van der Waals surface area contributed by atoms with Crippen molar-refractivity contribution in [3.8, 4) is 40.3 Å². The molecule has 8 aromatic carbocycles. The Morgan fingerprint density at radius 3 is 1.31 bits per heavy atom. The molecule has 5 heteroatoms. The summed E-state index contributed by atoms with van der Waals surface area (Å²) in [6.07, 6.45) is 0. The average Bonchev–Trinajstić information content (AvgIpc) is 3.88. The summed E-state index contributed by atoms with van der Waals surface area (Å²) in [5, 5.41) is 26.9. The summed E-state index contributed by atoms with van der Waals surface area (Å²) in [5.41, 5.74) is 12.8. The van der Waals surface area contributed by atoms with Crippen LogP contribution in [0.3, 0.4) is 0 Å². The van der Waals surface area contributed by atoms with E-state index in [0.717, 1.165) is 82.8 Å². The first-order valence-corrected chi connectivity index (χ1v) is 18.3. The van der Waals surface area contributed by atoms with Crippen LogP contribution in [0.5, 0.6) is 0 Å². The smallest absolute Gasteiger partial charge is 0.0992 e. The SMILES string of the molecule is N#Cc1ccc(-c2ccc(-n3c4ccccc4c4ccc(C#N)cc43)cc2)c(-n2c3ccccc3c3ccc(-n4c5ccccc5c5ccccc54)cc32)c1. The number of nitriles is 2. The molecule has 0 aliphatic carbocycles. The first-order valence-electron chi connectivity index (χ1n) is 18.3. The highest BCUT2D eigenvalue weighted by atomic mass is 15.0. The van der Waals surface area contributed by atoms with Crippen molar-refractivity contribution in [2.24, 2.45) is 0 Å². The normalized spacial score (nSPS) is 11.6. The number of nitrogens with zero attached hydrogens (tertiary/aromatic N) is 5. The molecule has 0 bridgehead atoms. The number of rotatable bonds is 4. The van der Waals surface area contributed by atoms with Gasteiger partial charge in [-0.2, -0.15) is 10.5 Å². The Kier molecular flexibility index (Phi) is 6.61. The van der Waals surface area contributed by atoms with E-state index >= 15 is 0 Å². The molecule has 3 heterocycles. The molecule has 55 heavy (non-hydrogen) atoms. The molecular weight excluding hydrogens is 671 g/mol. The Labute approximate surface area is 316 Å². The van der Waals surface area contributed by atoms with Gasteiger partial charge in [0.15, 0.2) is 0 Å². The zero-order valence-electron chi connectivity index (χ0n) is 29.5. The van der Waals surface area contributed by atoms with E-state index in [2.05, 4.69) is 171 Å². The standard InChI is InChI=1S/C50H29N5/c51-30-32-17-24-37(34-19-21-35(22-20-34)53-44-13-5-3-11-40(44)42-25-18-33(31-52)28-49(42)53)48(27-32)55-47-16-8-4-12-41(47)43-26-23-36(29-50(43)55)54-45-14-6-1-9-38(45)39-10-2-7-15-46(39)54/h1-29H. The van der Waals surface area contributed by atoms with Crippen LogP contribution < -0.4 is 0 Å². The summed E-state index contributed by atoms with van der Waals surface area (Å²) in [4.78, 5) is 0. The van der Waals surface area contributed by atoms with Gasteiger partial charge in [-0.05, 0) is 78.4 Å². The molecule has 0 fully saturated rings. The minimum absolute atomic E-state index is 0.596. The largest absolute Gasteiger partial charge is 0.309 e. The van der Waals surface area contributed by atoms with E-state index in [9.17, 15) is 10.5 Å². The molecule has 0 amide bonds. The molecule has 0 atom stereocenters. The van der Waals surface area contributed by atoms with Gasteiger partial charge >= 0.3 is 0 Å². The minimum atomic E-state index is 0.596.